The van der Waals surface area contributed by atoms with E-state index in [2.05, 4.69) is 15.0 Å². The van der Waals surface area contributed by atoms with E-state index in [-0.39, 0.29) is 22.1 Å². The van der Waals surface area contributed by atoms with Gasteiger partial charge in [-0.2, -0.15) is 0 Å². The molecule has 2 aromatic rings. The number of hydrogen-bond donors (Lipinski definition) is 2. The van der Waals surface area contributed by atoms with Crippen molar-refractivity contribution in [1.29, 1.82) is 0 Å². The molecule has 2 rings (SSSR count). The normalized spacial score (nSPS) is 13.0. The Morgan fingerprint density at radius 1 is 1.20 bits per heavy atom. The van der Waals surface area contributed by atoms with Crippen molar-refractivity contribution in [1.82, 2.24) is 9.71 Å². The number of hydrogen-bond acceptors (Lipinski definition) is 6. The molecule has 0 unspecified atom stereocenters. The summed E-state index contributed by atoms with van der Waals surface area (Å²) in [5, 5.41) is 4.42. The fourth-order valence-electron chi connectivity index (χ4n) is 1.93. The maximum atomic E-state index is 12.3. The molecular weight excluding hydrogens is 378 g/mol. The number of aromatic nitrogens is 1. The minimum atomic E-state index is -3.53. The van der Waals surface area contributed by atoms with Crippen molar-refractivity contribution in [3.05, 3.63) is 35.3 Å². The van der Waals surface area contributed by atoms with E-state index in [0.717, 1.165) is 10.0 Å². The van der Waals surface area contributed by atoms with Crippen LogP contribution in [0.1, 0.15) is 26.5 Å². The zero-order valence-corrected chi connectivity index (χ0v) is 16.9. The maximum Gasteiger partial charge on any atom is 0.240 e. The third-order valence-electron chi connectivity index (χ3n) is 3.07. The SMILES string of the molecule is Cc1csc(S[C@H](C)C(=O)Nc2ccc(S(=O)(=O)NC(C)C)cc2)n1. The topological polar surface area (TPSA) is 88.2 Å². The second-order valence-electron chi connectivity index (χ2n) is 5.80. The molecule has 6 nitrogen and oxygen atoms in total. The zero-order chi connectivity index (χ0) is 18.6. The number of carbonyl (C=O) groups is 1. The van der Waals surface area contributed by atoms with Gasteiger partial charge in [0.2, 0.25) is 15.9 Å². The number of aryl methyl sites for hydroxylation is 1. The highest BCUT2D eigenvalue weighted by Crippen LogP contribution is 2.27. The zero-order valence-electron chi connectivity index (χ0n) is 14.4. The van der Waals surface area contributed by atoms with Gasteiger partial charge in [-0.3, -0.25) is 4.79 Å². The Kier molecular flexibility index (Phi) is 6.61. The Labute approximate surface area is 156 Å². The van der Waals surface area contributed by atoms with Gasteiger partial charge < -0.3 is 5.32 Å². The number of amides is 1. The molecule has 0 saturated heterocycles. The fraction of sp³-hybridized carbons (Fsp3) is 0.375. The third-order valence-corrected chi connectivity index (χ3v) is 6.93. The standard InChI is InChI=1S/C16H21N3O3S3/c1-10(2)19-25(21,22)14-7-5-13(6-8-14)18-15(20)12(4)24-16-17-11(3)9-23-16/h5-10,12,19H,1-4H3,(H,18,20)/t12-/m1/s1. The summed E-state index contributed by atoms with van der Waals surface area (Å²) in [6, 6.07) is 5.93. The van der Waals surface area contributed by atoms with Crippen molar-refractivity contribution in [2.75, 3.05) is 5.32 Å². The first-order chi connectivity index (χ1) is 11.7. The van der Waals surface area contributed by atoms with Crippen LogP contribution in [-0.2, 0) is 14.8 Å². The van der Waals surface area contributed by atoms with Crippen molar-refractivity contribution in [2.24, 2.45) is 0 Å². The number of benzene rings is 1. The summed E-state index contributed by atoms with van der Waals surface area (Å²) >= 11 is 2.90. The summed E-state index contributed by atoms with van der Waals surface area (Å²) < 4.78 is 27.5. The van der Waals surface area contributed by atoms with Crippen LogP contribution >= 0.6 is 23.1 Å². The molecule has 1 aromatic heterocycles. The van der Waals surface area contributed by atoms with Gasteiger partial charge in [-0.05, 0) is 52.0 Å². The minimum absolute atomic E-state index is 0.159. The lowest BCUT2D eigenvalue weighted by Crippen LogP contribution is -2.30. The summed E-state index contributed by atoms with van der Waals surface area (Å²) in [5.74, 6) is -0.159. The highest BCUT2D eigenvalue weighted by atomic mass is 32.2. The van der Waals surface area contributed by atoms with Gasteiger partial charge in [-0.15, -0.1) is 11.3 Å². The number of sulfonamides is 1. The lowest BCUT2D eigenvalue weighted by molar-refractivity contribution is -0.115. The highest BCUT2D eigenvalue weighted by molar-refractivity contribution is 8.02. The van der Waals surface area contributed by atoms with Gasteiger partial charge in [0.1, 0.15) is 0 Å². The first-order valence-corrected chi connectivity index (χ1v) is 10.9. The lowest BCUT2D eigenvalue weighted by Gasteiger charge is -2.12. The van der Waals surface area contributed by atoms with E-state index in [4.69, 9.17) is 0 Å². The Hall–Kier alpha value is -1.42. The van der Waals surface area contributed by atoms with Crippen LogP contribution in [0.4, 0.5) is 5.69 Å². The Morgan fingerprint density at radius 2 is 1.84 bits per heavy atom. The molecule has 136 valence electrons. The summed E-state index contributed by atoms with van der Waals surface area (Å²) in [5.41, 5.74) is 1.49. The average Bonchev–Trinajstić information content (AvgIpc) is 2.91. The second kappa shape index (κ2) is 8.31. The molecule has 25 heavy (non-hydrogen) atoms. The molecule has 1 atom stereocenters. The number of nitrogens with one attached hydrogen (secondary N) is 2. The lowest BCUT2D eigenvalue weighted by atomic mass is 10.3. The van der Waals surface area contributed by atoms with E-state index < -0.39 is 10.0 Å². The predicted molar refractivity (Wildman–Crippen MR) is 103 cm³/mol. The summed E-state index contributed by atoms with van der Waals surface area (Å²) in [7, 11) is -3.53. The van der Waals surface area contributed by atoms with Crippen molar-refractivity contribution in [2.45, 2.75) is 48.2 Å². The molecule has 1 heterocycles. The van der Waals surface area contributed by atoms with Crippen LogP contribution in [0.5, 0.6) is 0 Å². The van der Waals surface area contributed by atoms with Crippen molar-refractivity contribution < 1.29 is 13.2 Å². The molecule has 0 radical (unpaired) electrons. The molecule has 0 bridgehead atoms. The molecule has 9 heteroatoms. The van der Waals surface area contributed by atoms with Gasteiger partial charge in [0, 0.05) is 22.8 Å². The van der Waals surface area contributed by atoms with E-state index in [0.29, 0.717) is 5.69 Å². The molecule has 1 amide bonds. The van der Waals surface area contributed by atoms with Crippen LogP contribution < -0.4 is 10.0 Å². The van der Waals surface area contributed by atoms with Crippen LogP contribution in [0, 0.1) is 6.92 Å². The van der Waals surface area contributed by atoms with Gasteiger partial charge in [0.05, 0.1) is 10.1 Å². The first-order valence-electron chi connectivity index (χ1n) is 7.69. The molecular formula is C16H21N3O3S3. The molecule has 0 spiro atoms. The largest absolute Gasteiger partial charge is 0.325 e. The molecule has 0 aliphatic carbocycles. The molecule has 0 aliphatic heterocycles. The number of nitrogens with zero attached hydrogens (tertiary/aromatic N) is 1. The number of thioether (sulfide) groups is 1. The third kappa shape index (κ3) is 5.81. The van der Waals surface area contributed by atoms with E-state index in [9.17, 15) is 13.2 Å². The molecule has 0 aliphatic rings. The van der Waals surface area contributed by atoms with Gasteiger partial charge in [0.25, 0.3) is 0 Å². The monoisotopic (exact) mass is 399 g/mol. The Bertz CT molecular complexity index is 830. The van der Waals surface area contributed by atoms with Gasteiger partial charge in [-0.1, -0.05) is 11.8 Å². The van der Waals surface area contributed by atoms with Crippen LogP contribution in [0.25, 0.3) is 0 Å². The summed E-state index contributed by atoms with van der Waals surface area (Å²) in [6.07, 6.45) is 0. The summed E-state index contributed by atoms with van der Waals surface area (Å²) in [4.78, 5) is 16.8. The van der Waals surface area contributed by atoms with Crippen LogP contribution in [0.2, 0.25) is 0 Å². The number of carbonyl (C=O) groups excluding carboxylic acids is 1. The van der Waals surface area contributed by atoms with Gasteiger partial charge in [0.15, 0.2) is 4.34 Å². The number of rotatable bonds is 7. The molecule has 2 N–H and O–H groups in total. The van der Waals surface area contributed by atoms with Crippen molar-refractivity contribution in [3.63, 3.8) is 0 Å². The van der Waals surface area contributed by atoms with E-state index in [1.54, 1.807) is 26.0 Å². The van der Waals surface area contributed by atoms with E-state index in [1.165, 1.54) is 35.2 Å². The number of thiazole rings is 1. The average molecular weight is 400 g/mol. The number of anilines is 1. The van der Waals surface area contributed by atoms with Crippen LogP contribution in [-0.4, -0.2) is 30.6 Å². The minimum Gasteiger partial charge on any atom is -0.325 e. The predicted octanol–water partition coefficient (Wildman–Crippen LogP) is 3.26. The first kappa shape index (κ1) is 19.9. The Morgan fingerprint density at radius 3 is 2.36 bits per heavy atom. The van der Waals surface area contributed by atoms with Crippen LogP contribution in [0.3, 0.4) is 0 Å². The molecule has 1 aromatic carbocycles. The quantitative estimate of drug-likeness (QED) is 0.698. The molecule has 0 saturated carbocycles. The highest BCUT2D eigenvalue weighted by Gasteiger charge is 2.18. The van der Waals surface area contributed by atoms with E-state index >= 15 is 0 Å². The second-order valence-corrected chi connectivity index (χ2v) is 9.96. The fourth-order valence-corrected chi connectivity index (χ4v) is 5.17. The van der Waals surface area contributed by atoms with Crippen molar-refractivity contribution in [3.8, 4) is 0 Å². The van der Waals surface area contributed by atoms with Crippen molar-refractivity contribution >= 4 is 44.7 Å². The summed E-state index contributed by atoms with van der Waals surface area (Å²) in [6.45, 7) is 7.24. The van der Waals surface area contributed by atoms with Gasteiger partial charge in [-0.25, -0.2) is 18.1 Å². The Balaban J connectivity index is 1.99. The molecule has 0 fully saturated rings. The van der Waals surface area contributed by atoms with E-state index in [1.807, 2.05) is 19.2 Å². The maximum absolute atomic E-state index is 12.3. The van der Waals surface area contributed by atoms with Crippen LogP contribution in [0.15, 0.2) is 38.9 Å². The smallest absolute Gasteiger partial charge is 0.240 e. The van der Waals surface area contributed by atoms with Gasteiger partial charge >= 0.3 is 0 Å².